The fraction of sp³-hybridized carbons (Fsp3) is 0.250. The van der Waals surface area contributed by atoms with Crippen molar-refractivity contribution in [2.45, 2.75) is 31.1 Å². The third-order valence-corrected chi connectivity index (χ3v) is 5.74. The van der Waals surface area contributed by atoms with Crippen molar-refractivity contribution in [3.05, 3.63) is 57.0 Å². The molecule has 1 N–H and O–H groups in total. The van der Waals surface area contributed by atoms with Crippen LogP contribution in [0, 0.1) is 0 Å². The van der Waals surface area contributed by atoms with Crippen molar-refractivity contribution in [1.29, 1.82) is 0 Å². The van der Waals surface area contributed by atoms with Gasteiger partial charge in [-0.05, 0) is 57.2 Å². The molecule has 0 saturated carbocycles. The predicted molar refractivity (Wildman–Crippen MR) is 97.8 cm³/mol. The monoisotopic (exact) mass is 445 g/mol. The normalized spacial score (nSPS) is 12.2. The van der Waals surface area contributed by atoms with Crippen LogP contribution in [0.15, 0.2) is 56.3 Å². The Labute approximate surface area is 148 Å². The molecule has 2 aromatic carbocycles. The smallest absolute Gasteiger partial charge is 0.261 e. The molecule has 0 bridgehead atoms. The predicted octanol–water partition coefficient (Wildman–Crippen LogP) is 5.31. The second kappa shape index (κ2) is 6.34. The van der Waals surface area contributed by atoms with E-state index in [0.29, 0.717) is 10.2 Å². The van der Waals surface area contributed by atoms with Gasteiger partial charge in [0.1, 0.15) is 0 Å². The number of anilines is 1. The van der Waals surface area contributed by atoms with Gasteiger partial charge >= 0.3 is 0 Å². The van der Waals surface area contributed by atoms with Gasteiger partial charge < -0.3 is 0 Å². The Bertz CT molecular complexity index is 779. The molecule has 22 heavy (non-hydrogen) atoms. The van der Waals surface area contributed by atoms with Crippen molar-refractivity contribution in [1.82, 2.24) is 0 Å². The number of nitrogens with one attached hydrogen (secondary N) is 1. The summed E-state index contributed by atoms with van der Waals surface area (Å²) in [7, 11) is -3.61. The molecule has 0 aliphatic heterocycles. The highest BCUT2D eigenvalue weighted by Gasteiger charge is 2.18. The Morgan fingerprint density at radius 1 is 0.955 bits per heavy atom. The zero-order valence-corrected chi connectivity index (χ0v) is 16.5. The van der Waals surface area contributed by atoms with E-state index in [2.05, 4.69) is 57.4 Å². The van der Waals surface area contributed by atoms with E-state index in [-0.39, 0.29) is 10.3 Å². The van der Waals surface area contributed by atoms with Gasteiger partial charge in [-0.25, -0.2) is 8.42 Å². The molecule has 0 fully saturated rings. The summed E-state index contributed by atoms with van der Waals surface area (Å²) in [5.74, 6) is 0. The first-order valence-corrected chi connectivity index (χ1v) is 9.75. The third-order valence-electron chi connectivity index (χ3n) is 3.21. The molecule has 0 unspecified atom stereocenters. The maximum atomic E-state index is 12.5. The summed E-state index contributed by atoms with van der Waals surface area (Å²) in [5, 5.41) is 0. The van der Waals surface area contributed by atoms with Gasteiger partial charge in [-0.2, -0.15) is 0 Å². The maximum Gasteiger partial charge on any atom is 0.261 e. The van der Waals surface area contributed by atoms with Crippen LogP contribution in [0.3, 0.4) is 0 Å². The SMILES string of the molecule is CC(C)(C)c1ccc(S(=O)(=O)Nc2ccc(Br)cc2Br)cc1. The molecule has 0 aliphatic rings. The van der Waals surface area contributed by atoms with Crippen molar-refractivity contribution >= 4 is 47.6 Å². The Morgan fingerprint density at radius 3 is 2.05 bits per heavy atom. The van der Waals surface area contributed by atoms with Crippen molar-refractivity contribution in [3.8, 4) is 0 Å². The number of halogens is 2. The first-order chi connectivity index (χ1) is 10.1. The lowest BCUT2D eigenvalue weighted by Gasteiger charge is -2.19. The van der Waals surface area contributed by atoms with Crippen LogP contribution in [0.2, 0.25) is 0 Å². The minimum atomic E-state index is -3.61. The van der Waals surface area contributed by atoms with Crippen LogP contribution in [0.5, 0.6) is 0 Å². The van der Waals surface area contributed by atoms with E-state index in [1.807, 2.05) is 12.1 Å². The Morgan fingerprint density at radius 2 is 1.55 bits per heavy atom. The molecular formula is C16H17Br2NO2S. The summed E-state index contributed by atoms with van der Waals surface area (Å²) in [6.07, 6.45) is 0. The lowest BCUT2D eigenvalue weighted by molar-refractivity contribution is 0.587. The highest BCUT2D eigenvalue weighted by atomic mass is 79.9. The molecule has 6 heteroatoms. The van der Waals surface area contributed by atoms with E-state index in [4.69, 9.17) is 0 Å². The van der Waals surface area contributed by atoms with Gasteiger partial charge in [0.2, 0.25) is 0 Å². The molecule has 118 valence electrons. The van der Waals surface area contributed by atoms with E-state index >= 15 is 0 Å². The Balaban J connectivity index is 2.31. The minimum Gasteiger partial charge on any atom is -0.278 e. The summed E-state index contributed by atoms with van der Waals surface area (Å²) in [5.41, 5.74) is 1.59. The number of rotatable bonds is 3. The maximum absolute atomic E-state index is 12.5. The van der Waals surface area contributed by atoms with E-state index in [1.165, 1.54) is 0 Å². The molecule has 2 rings (SSSR count). The molecular weight excluding hydrogens is 430 g/mol. The molecule has 0 heterocycles. The van der Waals surface area contributed by atoms with E-state index in [1.54, 1.807) is 30.3 Å². The molecule has 0 amide bonds. The van der Waals surface area contributed by atoms with Crippen molar-refractivity contribution in [2.75, 3.05) is 4.72 Å². The summed E-state index contributed by atoms with van der Waals surface area (Å²) in [6.45, 7) is 6.27. The largest absolute Gasteiger partial charge is 0.278 e. The van der Waals surface area contributed by atoms with Gasteiger partial charge in [-0.15, -0.1) is 0 Å². The number of hydrogen-bond donors (Lipinski definition) is 1. The third kappa shape index (κ3) is 4.12. The Kier molecular flexibility index (Phi) is 5.04. The molecule has 0 atom stereocenters. The van der Waals surface area contributed by atoms with E-state index in [0.717, 1.165) is 10.0 Å². The minimum absolute atomic E-state index is 0.00947. The van der Waals surface area contributed by atoms with E-state index in [9.17, 15) is 8.42 Å². The lowest BCUT2D eigenvalue weighted by atomic mass is 9.87. The zero-order chi connectivity index (χ0) is 16.5. The van der Waals surface area contributed by atoms with Gasteiger partial charge in [0.15, 0.2) is 0 Å². The fourth-order valence-electron chi connectivity index (χ4n) is 1.91. The second-order valence-electron chi connectivity index (χ2n) is 6.00. The van der Waals surface area contributed by atoms with Crippen LogP contribution in [0.4, 0.5) is 5.69 Å². The van der Waals surface area contributed by atoms with Crippen LogP contribution in [-0.4, -0.2) is 8.42 Å². The molecule has 0 spiro atoms. The number of sulfonamides is 1. The van der Waals surface area contributed by atoms with Crippen LogP contribution in [-0.2, 0) is 15.4 Å². The zero-order valence-electron chi connectivity index (χ0n) is 12.5. The van der Waals surface area contributed by atoms with Crippen molar-refractivity contribution in [2.24, 2.45) is 0 Å². The topological polar surface area (TPSA) is 46.2 Å². The van der Waals surface area contributed by atoms with Crippen molar-refractivity contribution in [3.63, 3.8) is 0 Å². The average Bonchev–Trinajstić information content (AvgIpc) is 2.41. The van der Waals surface area contributed by atoms with Crippen LogP contribution < -0.4 is 4.72 Å². The molecule has 0 radical (unpaired) electrons. The highest BCUT2D eigenvalue weighted by Crippen LogP contribution is 2.29. The van der Waals surface area contributed by atoms with Gasteiger partial charge in [-0.3, -0.25) is 4.72 Å². The first kappa shape index (κ1) is 17.5. The molecule has 0 aromatic heterocycles. The quantitative estimate of drug-likeness (QED) is 0.694. The Hall–Kier alpha value is -0.850. The van der Waals surface area contributed by atoms with Crippen LogP contribution >= 0.6 is 31.9 Å². The van der Waals surface area contributed by atoms with E-state index < -0.39 is 10.0 Å². The van der Waals surface area contributed by atoms with Crippen LogP contribution in [0.25, 0.3) is 0 Å². The van der Waals surface area contributed by atoms with Crippen molar-refractivity contribution < 1.29 is 8.42 Å². The summed E-state index contributed by atoms with van der Waals surface area (Å²) < 4.78 is 29.1. The summed E-state index contributed by atoms with van der Waals surface area (Å²) in [4.78, 5) is 0.246. The summed E-state index contributed by atoms with van der Waals surface area (Å²) >= 11 is 6.69. The molecule has 2 aromatic rings. The van der Waals surface area contributed by atoms with Gasteiger partial charge in [-0.1, -0.05) is 48.8 Å². The molecule has 0 saturated heterocycles. The molecule has 0 aliphatic carbocycles. The van der Waals surface area contributed by atoms with Gasteiger partial charge in [0, 0.05) is 8.95 Å². The van der Waals surface area contributed by atoms with Crippen LogP contribution in [0.1, 0.15) is 26.3 Å². The molecule has 3 nitrogen and oxygen atoms in total. The standard InChI is InChI=1S/C16H17Br2NO2S/c1-16(2,3)11-4-7-13(8-5-11)22(20,21)19-15-9-6-12(17)10-14(15)18/h4-10,19H,1-3H3. The fourth-order valence-corrected chi connectivity index (χ4v) is 4.27. The highest BCUT2D eigenvalue weighted by molar-refractivity contribution is 9.11. The number of benzene rings is 2. The second-order valence-corrected chi connectivity index (χ2v) is 9.46. The first-order valence-electron chi connectivity index (χ1n) is 6.68. The van der Waals surface area contributed by atoms with Gasteiger partial charge in [0.25, 0.3) is 10.0 Å². The van der Waals surface area contributed by atoms with Gasteiger partial charge in [0.05, 0.1) is 10.6 Å². The summed E-state index contributed by atoms with van der Waals surface area (Å²) in [6, 6.07) is 12.3. The average molecular weight is 447 g/mol. The lowest BCUT2D eigenvalue weighted by Crippen LogP contribution is -2.15. The number of hydrogen-bond acceptors (Lipinski definition) is 2.